The van der Waals surface area contributed by atoms with E-state index in [0.717, 1.165) is 10.9 Å². The van der Waals surface area contributed by atoms with Crippen molar-refractivity contribution >= 4 is 16.7 Å². The summed E-state index contributed by atoms with van der Waals surface area (Å²) < 4.78 is 4.99. The molecule has 2 rings (SSSR count). The number of nitrogen functional groups attached to an aromatic ring is 1. The monoisotopic (exact) mass is 678 g/mol. The summed E-state index contributed by atoms with van der Waals surface area (Å²) in [5.41, 5.74) is 17.1. The van der Waals surface area contributed by atoms with Gasteiger partial charge in [0.1, 0.15) is 5.58 Å². The summed E-state index contributed by atoms with van der Waals surface area (Å²) in [6, 6.07) is 6.76. The number of rotatable bonds is 1. The molecule has 0 aliphatic heterocycles. The summed E-state index contributed by atoms with van der Waals surface area (Å²) in [5.74, 6) is 0. The van der Waals surface area contributed by atoms with Crippen LogP contribution in [0.15, 0.2) is 33.5 Å². The fourth-order valence-electron chi connectivity index (χ4n) is 1.34. The minimum Gasteiger partial charge on any atom is -0.423 e. The molecule has 0 unspecified atom stereocenters. The van der Waals surface area contributed by atoms with Crippen molar-refractivity contribution in [2.45, 2.75) is 6.92 Å². The Morgan fingerprint density at radius 3 is 1.38 bits per heavy atom. The van der Waals surface area contributed by atoms with Crippen LogP contribution in [-0.4, -0.2) is 33.4 Å². The van der Waals surface area contributed by atoms with E-state index >= 15 is 0 Å². The van der Waals surface area contributed by atoms with E-state index in [4.69, 9.17) is 82.9 Å². The smallest absolute Gasteiger partial charge is 0.423 e. The van der Waals surface area contributed by atoms with E-state index in [2.05, 4.69) is 0 Å². The van der Waals surface area contributed by atoms with Gasteiger partial charge < -0.3 is 82.9 Å². The Labute approximate surface area is 201 Å². The Morgan fingerprint density at radius 1 is 0.765 bits per heavy atom. The minimum atomic E-state index is -1.75. The Kier molecular flexibility index (Phi) is 29.3. The van der Waals surface area contributed by atoms with Gasteiger partial charge in [-0.05, 0) is 24.6 Å². The molecule has 0 spiro atoms. The van der Waals surface area contributed by atoms with Gasteiger partial charge in [-0.3, -0.25) is 0 Å². The second-order valence-electron chi connectivity index (χ2n) is 4.48. The van der Waals surface area contributed by atoms with Gasteiger partial charge in [-0.1, -0.05) is 0 Å². The van der Waals surface area contributed by atoms with Crippen LogP contribution in [0.5, 0.6) is 0 Å². The standard InChI is InChI=1S/C10H9NO2.C2H8N2.4NO3.Pt/c1-6-4-10(12)13-9-5-7(11)2-3-8(6)9;3-1-2-4;4*2-1(3)4;/h2-5H,11H2,1H3;1-4H2;;;;;/q;;4*-1;+4. The van der Waals surface area contributed by atoms with Crippen molar-refractivity contribution in [3.8, 4) is 0 Å². The fraction of sp³-hybridized carbons (Fsp3) is 0.250. The molecule has 0 saturated heterocycles. The first-order chi connectivity index (χ1) is 15.0. The van der Waals surface area contributed by atoms with Crippen LogP contribution in [0, 0.1) is 68.2 Å². The van der Waals surface area contributed by atoms with E-state index in [0.29, 0.717) is 24.4 Å². The third-order valence-corrected chi connectivity index (χ3v) is 2.14. The van der Waals surface area contributed by atoms with Gasteiger partial charge in [-0.25, -0.2) is 4.79 Å². The zero-order valence-electron chi connectivity index (χ0n) is 16.8. The largest absolute Gasteiger partial charge is 4.00 e. The third kappa shape index (κ3) is 41.9. The maximum absolute atomic E-state index is 11.0. The first kappa shape index (κ1) is 40.0. The molecule has 0 bridgehead atoms. The number of anilines is 1. The van der Waals surface area contributed by atoms with Gasteiger partial charge in [0.05, 0.1) is 20.3 Å². The number of nitrogens with zero attached hydrogens (tertiary/aromatic N) is 4. The number of nitrogens with two attached hydrogens (primary N) is 3. The van der Waals surface area contributed by atoms with Crippen molar-refractivity contribution in [3.05, 3.63) is 102 Å². The Balaban J connectivity index is -0.000000113. The molecule has 0 atom stereocenters. The predicted molar refractivity (Wildman–Crippen MR) is 111 cm³/mol. The molecular weight excluding hydrogens is 661 g/mol. The van der Waals surface area contributed by atoms with Gasteiger partial charge in [0, 0.05) is 36.3 Å². The number of benzene rings is 1. The molecule has 1 aromatic carbocycles. The maximum Gasteiger partial charge on any atom is 4.00 e. The predicted octanol–water partition coefficient (Wildman–Crippen LogP) is -0.371. The van der Waals surface area contributed by atoms with E-state index in [1.807, 2.05) is 13.0 Å². The van der Waals surface area contributed by atoms with Crippen molar-refractivity contribution in [2.75, 3.05) is 18.8 Å². The summed E-state index contributed by atoms with van der Waals surface area (Å²) in [5, 5.41) is 59.9. The molecule has 194 valence electrons. The molecule has 0 saturated carbocycles. The molecule has 6 N–H and O–H groups in total. The van der Waals surface area contributed by atoms with Gasteiger partial charge >= 0.3 is 26.7 Å². The number of hydrogen-bond donors (Lipinski definition) is 3. The van der Waals surface area contributed by atoms with Crippen LogP contribution < -0.4 is 22.8 Å². The zero-order chi connectivity index (χ0) is 27.1. The van der Waals surface area contributed by atoms with Gasteiger partial charge in [0.15, 0.2) is 0 Å². The molecule has 0 aliphatic rings. The van der Waals surface area contributed by atoms with Crippen LogP contribution in [0.1, 0.15) is 5.56 Å². The number of aryl methyl sites for hydroxylation is 1. The molecular formula is C12H17N7O14Pt. The fourth-order valence-corrected chi connectivity index (χ4v) is 1.34. The van der Waals surface area contributed by atoms with E-state index in [9.17, 15) is 4.79 Å². The van der Waals surface area contributed by atoms with E-state index < -0.39 is 20.3 Å². The van der Waals surface area contributed by atoms with Gasteiger partial charge in [0.2, 0.25) is 0 Å². The van der Waals surface area contributed by atoms with Crippen molar-refractivity contribution in [1.82, 2.24) is 0 Å². The van der Waals surface area contributed by atoms with Crippen molar-refractivity contribution < 1.29 is 45.8 Å². The molecule has 0 fully saturated rings. The van der Waals surface area contributed by atoms with Crippen LogP contribution in [0.4, 0.5) is 5.69 Å². The zero-order valence-corrected chi connectivity index (χ0v) is 19.0. The Bertz CT molecular complexity index is 860. The van der Waals surface area contributed by atoms with Crippen molar-refractivity contribution in [1.29, 1.82) is 0 Å². The molecule has 0 aliphatic carbocycles. The summed E-state index contributed by atoms with van der Waals surface area (Å²) in [4.78, 5) is 44.0. The second-order valence-corrected chi connectivity index (χ2v) is 4.48. The average molecular weight is 678 g/mol. The average Bonchev–Trinajstić information content (AvgIpc) is 2.59. The number of hydrogen-bond acceptors (Lipinski definition) is 17. The van der Waals surface area contributed by atoms with Gasteiger partial charge in [0.25, 0.3) is 0 Å². The van der Waals surface area contributed by atoms with E-state index in [-0.39, 0.29) is 26.7 Å². The molecule has 1 heterocycles. The summed E-state index contributed by atoms with van der Waals surface area (Å²) in [7, 11) is 0. The van der Waals surface area contributed by atoms with Crippen LogP contribution in [-0.2, 0) is 21.1 Å². The first-order valence-corrected chi connectivity index (χ1v) is 7.47. The summed E-state index contributed by atoms with van der Waals surface area (Å²) in [6.45, 7) is 3.06. The minimum absolute atomic E-state index is 0. The molecule has 0 amide bonds. The summed E-state index contributed by atoms with van der Waals surface area (Å²) >= 11 is 0. The van der Waals surface area contributed by atoms with E-state index in [1.54, 1.807) is 12.1 Å². The topological polar surface area (TPSA) is 373 Å². The normalized spacial score (nSPS) is 7.74. The van der Waals surface area contributed by atoms with Crippen LogP contribution in [0.2, 0.25) is 0 Å². The Morgan fingerprint density at radius 2 is 1.09 bits per heavy atom. The maximum atomic E-state index is 11.0. The second kappa shape index (κ2) is 24.9. The van der Waals surface area contributed by atoms with Crippen molar-refractivity contribution in [2.24, 2.45) is 11.5 Å². The third-order valence-electron chi connectivity index (χ3n) is 2.14. The Hall–Kier alpha value is -4.36. The van der Waals surface area contributed by atoms with Gasteiger partial charge in [-0.2, -0.15) is 0 Å². The SMILES string of the molecule is Cc1cc(=O)oc2cc(N)ccc12.NCCN.O=[N+]([O-])[O-].O=[N+]([O-])[O-].O=[N+]([O-])[O-].O=[N+]([O-])[O-].[Pt+4]. The molecule has 21 nitrogen and oxygen atoms in total. The molecule has 34 heavy (non-hydrogen) atoms. The van der Waals surface area contributed by atoms with Crippen LogP contribution in [0.3, 0.4) is 0 Å². The number of fused-ring (bicyclic) bond motifs is 1. The van der Waals surface area contributed by atoms with Crippen LogP contribution in [0.25, 0.3) is 11.0 Å². The first-order valence-electron chi connectivity index (χ1n) is 7.47. The summed E-state index contributed by atoms with van der Waals surface area (Å²) in [6.07, 6.45) is 0. The van der Waals surface area contributed by atoms with Crippen LogP contribution >= 0.6 is 0 Å². The molecule has 2 aromatic rings. The molecule has 1 aromatic heterocycles. The van der Waals surface area contributed by atoms with Gasteiger partial charge in [-0.15, -0.1) is 0 Å². The molecule has 0 radical (unpaired) electrons. The van der Waals surface area contributed by atoms with E-state index in [1.165, 1.54) is 6.07 Å². The molecule has 22 heteroatoms. The quantitative estimate of drug-likeness (QED) is 0.150. The van der Waals surface area contributed by atoms with Crippen molar-refractivity contribution in [3.63, 3.8) is 0 Å².